The zero-order chi connectivity index (χ0) is 19.1. The molecule has 0 fully saturated rings. The average Bonchev–Trinajstić information content (AvgIpc) is 3.19. The highest BCUT2D eigenvalue weighted by Crippen LogP contribution is 2.14. The van der Waals surface area contributed by atoms with E-state index in [1.54, 1.807) is 35.6 Å². The van der Waals surface area contributed by atoms with Crippen LogP contribution in [0.1, 0.15) is 20.8 Å². The second kappa shape index (κ2) is 8.66. The first kappa shape index (κ1) is 18.9. The molecule has 0 spiro atoms. The molecule has 0 unspecified atom stereocenters. The van der Waals surface area contributed by atoms with Crippen molar-refractivity contribution in [2.24, 2.45) is 0 Å². The first-order valence-corrected chi connectivity index (χ1v) is 10.6. The van der Waals surface area contributed by atoms with Gasteiger partial charge in [0.1, 0.15) is 0 Å². The predicted molar refractivity (Wildman–Crippen MR) is 110 cm³/mol. The van der Waals surface area contributed by atoms with E-state index < -0.39 is 10.0 Å². The lowest BCUT2D eigenvalue weighted by molar-refractivity contribution is 0.0951. The summed E-state index contributed by atoms with van der Waals surface area (Å²) >= 11 is 1.57. The first-order valence-electron chi connectivity index (χ1n) is 8.18. The molecular formula is C20H18N2O3S2. The Labute approximate surface area is 162 Å². The Bertz CT molecular complexity index is 1010. The van der Waals surface area contributed by atoms with Gasteiger partial charge in [0.15, 0.2) is 0 Å². The molecule has 0 radical (unpaired) electrons. The van der Waals surface area contributed by atoms with Gasteiger partial charge in [0.25, 0.3) is 15.9 Å². The van der Waals surface area contributed by atoms with Gasteiger partial charge in [0.2, 0.25) is 0 Å². The van der Waals surface area contributed by atoms with Gasteiger partial charge in [0, 0.05) is 16.1 Å². The number of amides is 1. The van der Waals surface area contributed by atoms with Crippen LogP contribution in [0.15, 0.2) is 77.5 Å². The summed E-state index contributed by atoms with van der Waals surface area (Å²) in [6.45, 7) is 0.467. The van der Waals surface area contributed by atoms with Gasteiger partial charge in [-0.1, -0.05) is 36.4 Å². The van der Waals surface area contributed by atoms with E-state index in [9.17, 15) is 13.2 Å². The molecule has 1 heterocycles. The Morgan fingerprint density at radius 3 is 2.37 bits per heavy atom. The summed E-state index contributed by atoms with van der Waals surface area (Å²) in [7, 11) is -3.64. The van der Waals surface area contributed by atoms with E-state index in [-0.39, 0.29) is 5.91 Å². The Morgan fingerprint density at radius 2 is 1.70 bits per heavy atom. The summed E-state index contributed by atoms with van der Waals surface area (Å²) in [5.74, 6) is -0.207. The predicted octanol–water partition coefficient (Wildman–Crippen LogP) is 4.09. The van der Waals surface area contributed by atoms with E-state index in [0.29, 0.717) is 17.8 Å². The molecule has 0 aliphatic heterocycles. The highest BCUT2D eigenvalue weighted by atomic mass is 32.2. The van der Waals surface area contributed by atoms with Crippen LogP contribution in [0, 0.1) is 0 Å². The SMILES string of the molecule is O=C(NCc1cccs1)c1ccc(NS(=O)(=O)C=Cc2ccccc2)cc1. The quantitative estimate of drug-likeness (QED) is 0.629. The molecule has 3 aromatic rings. The minimum absolute atomic E-state index is 0.207. The number of hydrogen-bond acceptors (Lipinski definition) is 4. The highest BCUT2D eigenvalue weighted by molar-refractivity contribution is 7.95. The van der Waals surface area contributed by atoms with Gasteiger partial charge in [-0.25, -0.2) is 8.42 Å². The van der Waals surface area contributed by atoms with Crippen LogP contribution in [-0.2, 0) is 16.6 Å². The molecule has 0 atom stereocenters. The monoisotopic (exact) mass is 398 g/mol. The highest BCUT2D eigenvalue weighted by Gasteiger charge is 2.08. The normalized spacial score (nSPS) is 11.4. The number of rotatable bonds is 7. The van der Waals surface area contributed by atoms with Crippen LogP contribution in [0.4, 0.5) is 5.69 Å². The van der Waals surface area contributed by atoms with E-state index in [4.69, 9.17) is 0 Å². The van der Waals surface area contributed by atoms with Gasteiger partial charge in [-0.05, 0) is 47.4 Å². The van der Waals surface area contributed by atoms with Crippen molar-refractivity contribution in [2.45, 2.75) is 6.54 Å². The van der Waals surface area contributed by atoms with Crippen LogP contribution in [-0.4, -0.2) is 14.3 Å². The van der Waals surface area contributed by atoms with Crippen LogP contribution in [0.3, 0.4) is 0 Å². The molecule has 7 heteroatoms. The molecule has 1 amide bonds. The van der Waals surface area contributed by atoms with Crippen molar-refractivity contribution >= 4 is 39.0 Å². The second-order valence-electron chi connectivity index (χ2n) is 5.70. The van der Waals surface area contributed by atoms with Crippen LogP contribution in [0.25, 0.3) is 6.08 Å². The first-order chi connectivity index (χ1) is 13.0. The van der Waals surface area contributed by atoms with Crippen LogP contribution in [0.2, 0.25) is 0 Å². The molecule has 2 N–H and O–H groups in total. The molecule has 0 aliphatic carbocycles. The molecular weight excluding hydrogens is 380 g/mol. The summed E-state index contributed by atoms with van der Waals surface area (Å²) in [5, 5.41) is 5.90. The molecule has 0 aliphatic rings. The molecule has 0 bridgehead atoms. The Balaban J connectivity index is 1.59. The fourth-order valence-corrected chi connectivity index (χ4v) is 3.82. The van der Waals surface area contributed by atoms with Crippen molar-refractivity contribution in [2.75, 3.05) is 4.72 Å². The largest absolute Gasteiger partial charge is 0.347 e. The van der Waals surface area contributed by atoms with Crippen molar-refractivity contribution in [1.82, 2.24) is 5.32 Å². The van der Waals surface area contributed by atoms with Gasteiger partial charge in [0.05, 0.1) is 12.0 Å². The van der Waals surface area contributed by atoms with Crippen molar-refractivity contribution in [1.29, 1.82) is 0 Å². The molecule has 27 heavy (non-hydrogen) atoms. The minimum Gasteiger partial charge on any atom is -0.347 e. The minimum atomic E-state index is -3.64. The van der Waals surface area contributed by atoms with E-state index in [0.717, 1.165) is 15.8 Å². The topological polar surface area (TPSA) is 75.3 Å². The molecule has 0 saturated carbocycles. The van der Waals surface area contributed by atoms with E-state index in [2.05, 4.69) is 10.0 Å². The number of sulfonamides is 1. The number of carbonyl (C=O) groups excluding carboxylic acids is 1. The maximum Gasteiger partial charge on any atom is 0.255 e. The maximum atomic E-state index is 12.1. The third-order valence-corrected chi connectivity index (χ3v) is 5.54. The number of thiophene rings is 1. The van der Waals surface area contributed by atoms with E-state index in [1.807, 2.05) is 47.8 Å². The van der Waals surface area contributed by atoms with Gasteiger partial charge in [-0.15, -0.1) is 11.3 Å². The second-order valence-corrected chi connectivity index (χ2v) is 8.30. The molecule has 1 aromatic heterocycles. The summed E-state index contributed by atoms with van der Waals surface area (Å²) < 4.78 is 26.8. The Morgan fingerprint density at radius 1 is 0.963 bits per heavy atom. The van der Waals surface area contributed by atoms with Gasteiger partial charge in [-0.2, -0.15) is 0 Å². The Hall–Kier alpha value is -2.90. The third kappa shape index (κ3) is 5.80. The van der Waals surface area contributed by atoms with Crippen molar-refractivity contribution in [3.63, 3.8) is 0 Å². The summed E-state index contributed by atoms with van der Waals surface area (Å²) in [5.41, 5.74) is 1.65. The lowest BCUT2D eigenvalue weighted by Crippen LogP contribution is -2.22. The van der Waals surface area contributed by atoms with E-state index >= 15 is 0 Å². The molecule has 138 valence electrons. The van der Waals surface area contributed by atoms with Gasteiger partial charge < -0.3 is 5.32 Å². The maximum absolute atomic E-state index is 12.1. The average molecular weight is 399 g/mol. The number of nitrogens with one attached hydrogen (secondary N) is 2. The number of benzene rings is 2. The molecule has 2 aromatic carbocycles. The number of carbonyl (C=O) groups is 1. The zero-order valence-electron chi connectivity index (χ0n) is 14.3. The van der Waals surface area contributed by atoms with Crippen molar-refractivity contribution in [3.8, 4) is 0 Å². The van der Waals surface area contributed by atoms with Crippen LogP contribution >= 0.6 is 11.3 Å². The zero-order valence-corrected chi connectivity index (χ0v) is 16.0. The fraction of sp³-hybridized carbons (Fsp3) is 0.0500. The van der Waals surface area contributed by atoms with E-state index in [1.165, 1.54) is 6.08 Å². The fourth-order valence-electron chi connectivity index (χ4n) is 2.30. The van der Waals surface area contributed by atoms with Crippen molar-refractivity contribution in [3.05, 3.63) is 93.5 Å². The number of anilines is 1. The Kier molecular flexibility index (Phi) is 6.05. The standard InChI is InChI=1S/C20H18N2O3S2/c23-20(21-15-19-7-4-13-26-19)17-8-10-18(11-9-17)22-27(24,25)14-12-16-5-2-1-3-6-16/h1-14,22H,15H2,(H,21,23). The lowest BCUT2D eigenvalue weighted by Gasteiger charge is -2.07. The van der Waals surface area contributed by atoms with Crippen LogP contribution in [0.5, 0.6) is 0 Å². The van der Waals surface area contributed by atoms with Gasteiger partial charge >= 0.3 is 0 Å². The summed E-state index contributed by atoms with van der Waals surface area (Å²) in [6, 6.07) is 19.3. The molecule has 5 nitrogen and oxygen atoms in total. The summed E-state index contributed by atoms with van der Waals surface area (Å²) in [6.07, 6.45) is 1.52. The number of hydrogen-bond donors (Lipinski definition) is 2. The molecule has 3 rings (SSSR count). The van der Waals surface area contributed by atoms with Crippen LogP contribution < -0.4 is 10.0 Å². The third-order valence-electron chi connectivity index (χ3n) is 3.65. The lowest BCUT2D eigenvalue weighted by atomic mass is 10.2. The van der Waals surface area contributed by atoms with Crippen molar-refractivity contribution < 1.29 is 13.2 Å². The van der Waals surface area contributed by atoms with Gasteiger partial charge in [-0.3, -0.25) is 9.52 Å². The smallest absolute Gasteiger partial charge is 0.255 e. The summed E-state index contributed by atoms with van der Waals surface area (Å²) in [4.78, 5) is 13.2. The molecule has 0 saturated heterocycles.